The van der Waals surface area contributed by atoms with Gasteiger partial charge in [0.1, 0.15) is 0 Å². The minimum Gasteiger partial charge on any atom is -0.353 e. The molecule has 1 heterocycles. The van der Waals surface area contributed by atoms with Gasteiger partial charge in [0, 0.05) is 30.7 Å². The second-order valence-corrected chi connectivity index (χ2v) is 8.07. The van der Waals surface area contributed by atoms with Crippen molar-refractivity contribution >= 4 is 9.84 Å². The molecule has 0 aromatic carbocycles. The Morgan fingerprint density at radius 1 is 1.30 bits per heavy atom. The van der Waals surface area contributed by atoms with E-state index in [1.807, 2.05) is 10.8 Å². The first-order valence-electron chi connectivity index (χ1n) is 7.49. The van der Waals surface area contributed by atoms with Gasteiger partial charge in [0.25, 0.3) is 0 Å². The molecule has 1 aromatic rings. The summed E-state index contributed by atoms with van der Waals surface area (Å²) in [5.41, 5.74) is 1.24. The lowest BCUT2D eigenvalue weighted by atomic mass is 9.98. The van der Waals surface area contributed by atoms with E-state index >= 15 is 0 Å². The van der Waals surface area contributed by atoms with Crippen molar-refractivity contribution in [3.8, 4) is 0 Å². The van der Waals surface area contributed by atoms with Gasteiger partial charge in [-0.1, -0.05) is 27.7 Å². The van der Waals surface area contributed by atoms with E-state index in [4.69, 9.17) is 0 Å². The minimum absolute atomic E-state index is 0.215. The van der Waals surface area contributed by atoms with Gasteiger partial charge in [-0.2, -0.15) is 0 Å². The van der Waals surface area contributed by atoms with Gasteiger partial charge >= 0.3 is 0 Å². The molecule has 1 rings (SSSR count). The lowest BCUT2D eigenvalue weighted by Crippen LogP contribution is -2.26. The highest BCUT2D eigenvalue weighted by Gasteiger charge is 2.16. The van der Waals surface area contributed by atoms with Gasteiger partial charge in [0.2, 0.25) is 0 Å². The Bertz CT molecular complexity index is 492. The van der Waals surface area contributed by atoms with Crippen LogP contribution >= 0.6 is 0 Å². The third-order valence-corrected chi connectivity index (χ3v) is 5.20. The van der Waals surface area contributed by atoms with Crippen LogP contribution in [0, 0.1) is 5.92 Å². The normalized spacial score (nSPS) is 13.8. The Morgan fingerprint density at radius 3 is 2.55 bits per heavy atom. The maximum atomic E-state index is 11.5. The lowest BCUT2D eigenvalue weighted by Gasteiger charge is -2.21. The summed E-state index contributed by atoms with van der Waals surface area (Å²) in [7, 11) is -2.90. The summed E-state index contributed by atoms with van der Waals surface area (Å²) in [6.45, 7) is 9.79. The molecule has 1 aromatic heterocycles. The summed E-state index contributed by atoms with van der Waals surface area (Å²) in [5, 5.41) is 3.55. The molecule has 5 heteroatoms. The number of hydrogen-bond donors (Lipinski definition) is 1. The van der Waals surface area contributed by atoms with Crippen molar-refractivity contribution in [1.82, 2.24) is 9.88 Å². The molecule has 0 saturated carbocycles. The van der Waals surface area contributed by atoms with Crippen LogP contribution in [-0.4, -0.2) is 31.0 Å². The van der Waals surface area contributed by atoms with E-state index in [9.17, 15) is 8.42 Å². The van der Waals surface area contributed by atoms with Crippen LogP contribution in [0.25, 0.3) is 0 Å². The quantitative estimate of drug-likeness (QED) is 0.762. The zero-order chi connectivity index (χ0) is 15.2. The smallest absolute Gasteiger partial charge is 0.151 e. The molecule has 0 aliphatic carbocycles. The number of sulfone groups is 1. The van der Waals surface area contributed by atoms with Crippen LogP contribution in [0.3, 0.4) is 0 Å². The Labute approximate surface area is 123 Å². The number of hydrogen-bond acceptors (Lipinski definition) is 3. The third kappa shape index (κ3) is 5.29. The first kappa shape index (κ1) is 17.2. The molecule has 1 atom stereocenters. The highest BCUT2D eigenvalue weighted by atomic mass is 32.2. The average molecular weight is 300 g/mol. The van der Waals surface area contributed by atoms with Crippen LogP contribution in [0.4, 0.5) is 0 Å². The Hall–Kier alpha value is -0.810. The van der Waals surface area contributed by atoms with E-state index < -0.39 is 9.84 Å². The van der Waals surface area contributed by atoms with Crippen LogP contribution in [0.1, 0.15) is 45.7 Å². The minimum atomic E-state index is -2.90. The van der Waals surface area contributed by atoms with Crippen molar-refractivity contribution in [2.45, 2.75) is 46.7 Å². The first-order chi connectivity index (χ1) is 9.39. The van der Waals surface area contributed by atoms with Crippen molar-refractivity contribution in [2.24, 2.45) is 5.92 Å². The number of nitrogens with zero attached hydrogens (tertiary/aromatic N) is 1. The maximum Gasteiger partial charge on any atom is 0.151 e. The predicted octanol–water partition coefficient (Wildman–Crippen LogP) is 2.62. The molecule has 4 nitrogen and oxygen atoms in total. The SMILES string of the molecule is CCCNC(c1ccn(CCS(=O)(=O)CC)c1)C(C)C. The molecular weight excluding hydrogens is 272 g/mol. The zero-order valence-corrected chi connectivity index (χ0v) is 13.9. The fourth-order valence-corrected chi connectivity index (χ4v) is 2.99. The topological polar surface area (TPSA) is 51.1 Å². The van der Waals surface area contributed by atoms with Crippen molar-refractivity contribution < 1.29 is 8.42 Å². The second-order valence-electron chi connectivity index (χ2n) is 5.59. The summed E-state index contributed by atoms with van der Waals surface area (Å²) < 4.78 is 25.1. The largest absolute Gasteiger partial charge is 0.353 e. The van der Waals surface area contributed by atoms with Crippen molar-refractivity contribution in [3.05, 3.63) is 24.0 Å². The highest BCUT2D eigenvalue weighted by molar-refractivity contribution is 7.91. The molecule has 0 saturated heterocycles. The van der Waals surface area contributed by atoms with Gasteiger partial charge in [-0.3, -0.25) is 0 Å². The Balaban J connectivity index is 2.69. The standard InChI is InChI=1S/C15H28N2O2S/c1-5-8-16-15(13(3)4)14-7-9-17(12-14)10-11-20(18,19)6-2/h7,9,12-13,15-16H,5-6,8,10-11H2,1-4H3. The molecule has 0 bridgehead atoms. The summed E-state index contributed by atoms with van der Waals surface area (Å²) in [6.07, 6.45) is 5.15. The summed E-state index contributed by atoms with van der Waals surface area (Å²) >= 11 is 0. The molecule has 1 unspecified atom stereocenters. The molecular formula is C15H28N2O2S. The molecule has 0 amide bonds. The van der Waals surface area contributed by atoms with Gasteiger partial charge in [-0.15, -0.1) is 0 Å². The Morgan fingerprint density at radius 2 is 2.00 bits per heavy atom. The Kier molecular flexibility index (Phi) is 6.76. The van der Waals surface area contributed by atoms with Gasteiger partial charge < -0.3 is 9.88 Å². The zero-order valence-electron chi connectivity index (χ0n) is 13.1. The van der Waals surface area contributed by atoms with E-state index in [0.717, 1.165) is 13.0 Å². The van der Waals surface area contributed by atoms with Gasteiger partial charge in [-0.25, -0.2) is 8.42 Å². The summed E-state index contributed by atoms with van der Waals surface area (Å²) in [4.78, 5) is 0. The fraction of sp³-hybridized carbons (Fsp3) is 0.733. The monoisotopic (exact) mass is 300 g/mol. The number of aromatic nitrogens is 1. The molecule has 20 heavy (non-hydrogen) atoms. The first-order valence-corrected chi connectivity index (χ1v) is 9.31. The van der Waals surface area contributed by atoms with Crippen molar-refractivity contribution in [2.75, 3.05) is 18.1 Å². The molecule has 0 radical (unpaired) electrons. The number of aryl methyl sites for hydroxylation is 1. The van der Waals surface area contributed by atoms with Gasteiger partial charge in [-0.05, 0) is 30.5 Å². The van der Waals surface area contributed by atoms with E-state index in [1.54, 1.807) is 6.92 Å². The van der Waals surface area contributed by atoms with Crippen LogP contribution in [-0.2, 0) is 16.4 Å². The molecule has 0 spiro atoms. The van der Waals surface area contributed by atoms with E-state index in [-0.39, 0.29) is 11.5 Å². The second kappa shape index (κ2) is 7.84. The predicted molar refractivity (Wildman–Crippen MR) is 84.6 cm³/mol. The van der Waals surface area contributed by atoms with Crippen molar-refractivity contribution in [1.29, 1.82) is 0 Å². The fourth-order valence-electron chi connectivity index (χ4n) is 2.21. The number of rotatable bonds is 9. The van der Waals surface area contributed by atoms with E-state index in [2.05, 4.69) is 38.4 Å². The average Bonchev–Trinajstić information content (AvgIpc) is 2.85. The van der Waals surface area contributed by atoms with Crippen LogP contribution < -0.4 is 5.32 Å². The molecule has 0 aliphatic heterocycles. The third-order valence-electron chi connectivity index (χ3n) is 3.51. The van der Waals surface area contributed by atoms with Crippen LogP contribution in [0.2, 0.25) is 0 Å². The van der Waals surface area contributed by atoms with Crippen molar-refractivity contribution in [3.63, 3.8) is 0 Å². The van der Waals surface area contributed by atoms with Gasteiger partial charge in [0.15, 0.2) is 9.84 Å². The lowest BCUT2D eigenvalue weighted by molar-refractivity contribution is 0.412. The molecule has 116 valence electrons. The van der Waals surface area contributed by atoms with E-state index in [0.29, 0.717) is 18.5 Å². The van der Waals surface area contributed by atoms with Gasteiger partial charge in [0.05, 0.1) is 5.75 Å². The van der Waals surface area contributed by atoms with Crippen LogP contribution in [0.15, 0.2) is 18.5 Å². The summed E-state index contributed by atoms with van der Waals surface area (Å²) in [6, 6.07) is 2.42. The van der Waals surface area contributed by atoms with E-state index in [1.165, 1.54) is 5.56 Å². The molecule has 0 aliphatic rings. The molecule has 0 fully saturated rings. The number of nitrogens with one attached hydrogen (secondary N) is 1. The molecule has 1 N–H and O–H groups in total. The van der Waals surface area contributed by atoms with Crippen LogP contribution in [0.5, 0.6) is 0 Å². The maximum absolute atomic E-state index is 11.5. The highest BCUT2D eigenvalue weighted by Crippen LogP contribution is 2.22. The summed E-state index contributed by atoms with van der Waals surface area (Å²) in [5.74, 6) is 0.942.